The van der Waals surface area contributed by atoms with Crippen LogP contribution < -0.4 is 4.90 Å². The lowest BCUT2D eigenvalue weighted by Crippen LogP contribution is -2.51. The Hall–Kier alpha value is -4.46. The molecule has 2 aliphatic heterocycles. The Bertz CT molecular complexity index is 1480. The minimum atomic E-state index is -0.672. The zero-order valence-corrected chi connectivity index (χ0v) is 23.9. The highest BCUT2D eigenvalue weighted by molar-refractivity contribution is 6.14. The van der Waals surface area contributed by atoms with E-state index in [4.69, 9.17) is 4.74 Å². The molecule has 2 amide bonds. The van der Waals surface area contributed by atoms with E-state index in [1.807, 2.05) is 73.2 Å². The summed E-state index contributed by atoms with van der Waals surface area (Å²) in [6.45, 7) is 5.66. The minimum Gasteiger partial charge on any atom is -0.465 e. The first kappa shape index (κ1) is 28.1. The summed E-state index contributed by atoms with van der Waals surface area (Å²) in [5, 5.41) is 0. The zero-order chi connectivity index (χ0) is 29.3. The molecule has 5 rings (SSSR count). The molecule has 2 heterocycles. The van der Waals surface area contributed by atoms with Gasteiger partial charge in [0, 0.05) is 50.4 Å². The predicted molar refractivity (Wildman–Crippen MR) is 156 cm³/mol. The summed E-state index contributed by atoms with van der Waals surface area (Å²) in [4.78, 5) is 58.6. The number of carbonyl (C=O) groups is 4. The molecule has 8 nitrogen and oxygen atoms in total. The van der Waals surface area contributed by atoms with Crippen molar-refractivity contribution >= 4 is 29.3 Å². The lowest BCUT2D eigenvalue weighted by Gasteiger charge is -2.42. The van der Waals surface area contributed by atoms with Crippen LogP contribution in [0.25, 0.3) is 0 Å². The van der Waals surface area contributed by atoms with Crippen molar-refractivity contribution in [3.63, 3.8) is 0 Å². The number of nitrogens with zero attached hydrogens (tertiary/aromatic N) is 3. The van der Waals surface area contributed by atoms with Crippen molar-refractivity contribution in [2.24, 2.45) is 5.92 Å². The number of likely N-dealkylation sites (N-methyl/N-ethyl adjacent to an activating group) is 1. The first-order valence-electron chi connectivity index (χ1n) is 13.9. The van der Waals surface area contributed by atoms with E-state index in [1.165, 1.54) is 7.11 Å². The number of hydrogen-bond acceptors (Lipinski definition) is 6. The minimum absolute atomic E-state index is 0.0810. The van der Waals surface area contributed by atoms with Crippen molar-refractivity contribution in [2.75, 3.05) is 45.2 Å². The summed E-state index contributed by atoms with van der Waals surface area (Å²) >= 11 is 0. The molecule has 2 atom stereocenters. The van der Waals surface area contributed by atoms with Gasteiger partial charge >= 0.3 is 5.97 Å². The molecule has 0 bridgehead atoms. The van der Waals surface area contributed by atoms with Gasteiger partial charge in [-0.2, -0.15) is 0 Å². The van der Waals surface area contributed by atoms with E-state index in [1.54, 1.807) is 35.2 Å². The molecule has 1 saturated heterocycles. The van der Waals surface area contributed by atoms with Crippen LogP contribution in [0.2, 0.25) is 0 Å². The number of anilines is 1. The van der Waals surface area contributed by atoms with Gasteiger partial charge < -0.3 is 19.4 Å². The van der Waals surface area contributed by atoms with Gasteiger partial charge in [-0.3, -0.25) is 14.4 Å². The summed E-state index contributed by atoms with van der Waals surface area (Å²) in [6, 6.07) is 21.9. The number of Topliss-reactive ketones (excluding diaryl/α,β-unsaturated/α-hetero) is 1. The smallest absolute Gasteiger partial charge is 0.338 e. The molecule has 2 aliphatic rings. The van der Waals surface area contributed by atoms with Crippen LogP contribution in [-0.4, -0.2) is 73.7 Å². The largest absolute Gasteiger partial charge is 0.465 e. The van der Waals surface area contributed by atoms with Crippen LogP contribution in [0.3, 0.4) is 0 Å². The Balaban J connectivity index is 1.52. The molecule has 0 aliphatic carbocycles. The van der Waals surface area contributed by atoms with Crippen LogP contribution in [0.4, 0.5) is 5.69 Å². The highest BCUT2D eigenvalue weighted by Crippen LogP contribution is 2.47. The van der Waals surface area contributed by atoms with Crippen LogP contribution in [0.1, 0.15) is 68.0 Å². The maximum absolute atomic E-state index is 14.4. The third-order valence-corrected chi connectivity index (χ3v) is 8.10. The number of amides is 2. The fraction of sp³-hybridized carbons (Fsp3) is 0.333. The quantitative estimate of drug-likeness (QED) is 0.430. The second-order valence-corrected chi connectivity index (χ2v) is 10.9. The number of ketones is 1. The molecule has 2 unspecified atom stereocenters. The number of ether oxygens (including phenoxy) is 1. The molecule has 0 spiro atoms. The maximum atomic E-state index is 14.4. The summed E-state index contributed by atoms with van der Waals surface area (Å²) in [5.74, 6) is -1.56. The molecule has 1 fully saturated rings. The van der Waals surface area contributed by atoms with Crippen LogP contribution in [-0.2, 0) is 9.53 Å². The van der Waals surface area contributed by atoms with Crippen LogP contribution >= 0.6 is 0 Å². The zero-order valence-electron chi connectivity index (χ0n) is 23.9. The van der Waals surface area contributed by atoms with Crippen molar-refractivity contribution in [1.82, 2.24) is 9.80 Å². The number of benzene rings is 3. The molecule has 0 saturated carbocycles. The number of methoxy groups -OCH3 is 1. The number of rotatable bonds is 5. The number of esters is 1. The van der Waals surface area contributed by atoms with Crippen molar-refractivity contribution in [3.05, 3.63) is 101 Å². The maximum Gasteiger partial charge on any atom is 0.338 e. The lowest BCUT2D eigenvalue weighted by molar-refractivity contribution is -0.135. The second-order valence-electron chi connectivity index (χ2n) is 10.9. The highest BCUT2D eigenvalue weighted by atomic mass is 16.5. The molecule has 212 valence electrons. The number of carbonyl (C=O) groups excluding carboxylic acids is 4. The van der Waals surface area contributed by atoms with E-state index in [0.717, 1.165) is 5.56 Å². The van der Waals surface area contributed by atoms with Crippen molar-refractivity contribution in [1.29, 1.82) is 0 Å². The normalized spacial score (nSPS) is 18.8. The average molecular weight is 554 g/mol. The van der Waals surface area contributed by atoms with Crippen molar-refractivity contribution in [3.8, 4) is 0 Å². The first-order valence-corrected chi connectivity index (χ1v) is 13.9. The topological polar surface area (TPSA) is 87.2 Å². The van der Waals surface area contributed by atoms with Crippen LogP contribution in [0.15, 0.2) is 72.8 Å². The van der Waals surface area contributed by atoms with Gasteiger partial charge in [0.1, 0.15) is 0 Å². The Morgan fingerprint density at radius 1 is 0.829 bits per heavy atom. The van der Waals surface area contributed by atoms with E-state index in [0.29, 0.717) is 48.6 Å². The van der Waals surface area contributed by atoms with E-state index in [-0.39, 0.29) is 35.1 Å². The van der Waals surface area contributed by atoms with Gasteiger partial charge in [0.05, 0.1) is 30.2 Å². The second kappa shape index (κ2) is 11.6. The van der Waals surface area contributed by atoms with Crippen LogP contribution in [0, 0.1) is 5.92 Å². The third kappa shape index (κ3) is 5.22. The third-order valence-electron chi connectivity index (χ3n) is 8.10. The Morgan fingerprint density at radius 2 is 1.46 bits per heavy atom. The molecule has 41 heavy (non-hydrogen) atoms. The van der Waals surface area contributed by atoms with Crippen LogP contribution in [0.5, 0.6) is 0 Å². The van der Waals surface area contributed by atoms with Gasteiger partial charge in [0.15, 0.2) is 5.78 Å². The molecule has 0 aromatic heterocycles. The van der Waals surface area contributed by atoms with Gasteiger partial charge in [-0.25, -0.2) is 4.79 Å². The van der Waals surface area contributed by atoms with Gasteiger partial charge in [0.2, 0.25) is 5.91 Å². The summed E-state index contributed by atoms with van der Waals surface area (Å²) in [7, 11) is 3.22. The standard InChI is InChI=1S/C33H35N3O5/c1-21(2)31(38)35-16-18-36(19-17-35)32(39)24-13-8-12-23(20-24)27-29(22-10-6-5-7-11-22)34(3)26-15-9-14-25(33(40)41-4)28(26)30(27)37/h5-15,20-21,27,29H,16-19H2,1-4H3. The van der Waals surface area contributed by atoms with E-state index in [2.05, 4.69) is 0 Å². The summed E-state index contributed by atoms with van der Waals surface area (Å²) in [5.41, 5.74) is 3.33. The van der Waals surface area contributed by atoms with Gasteiger partial charge in [-0.05, 0) is 35.4 Å². The van der Waals surface area contributed by atoms with E-state index >= 15 is 0 Å². The molecule has 3 aromatic carbocycles. The predicted octanol–water partition coefficient (Wildman–Crippen LogP) is 4.57. The summed E-state index contributed by atoms with van der Waals surface area (Å²) < 4.78 is 5.01. The molecule has 0 radical (unpaired) electrons. The van der Waals surface area contributed by atoms with E-state index < -0.39 is 11.9 Å². The first-order chi connectivity index (χ1) is 19.7. The van der Waals surface area contributed by atoms with Gasteiger partial charge in [-0.1, -0.05) is 62.4 Å². The highest BCUT2D eigenvalue weighted by Gasteiger charge is 2.43. The number of piperazine rings is 1. The average Bonchev–Trinajstić information content (AvgIpc) is 3.01. The fourth-order valence-corrected chi connectivity index (χ4v) is 5.99. The number of hydrogen-bond donors (Lipinski definition) is 0. The Kier molecular flexibility index (Phi) is 7.92. The molecule has 0 N–H and O–H groups in total. The van der Waals surface area contributed by atoms with Crippen molar-refractivity contribution < 1.29 is 23.9 Å². The van der Waals surface area contributed by atoms with E-state index in [9.17, 15) is 19.2 Å². The molecule has 8 heteroatoms. The molecular weight excluding hydrogens is 518 g/mol. The Morgan fingerprint density at radius 3 is 2.12 bits per heavy atom. The molecule has 3 aromatic rings. The SMILES string of the molecule is COC(=O)c1cccc2c1C(=O)C(c1cccc(C(=O)N3CCN(C(=O)C(C)C)CC3)c1)C(c1ccccc1)N2C. The monoisotopic (exact) mass is 553 g/mol. The number of fused-ring (bicyclic) bond motifs is 1. The van der Waals surface area contributed by atoms with Gasteiger partial charge in [-0.15, -0.1) is 0 Å². The van der Waals surface area contributed by atoms with Crippen molar-refractivity contribution in [2.45, 2.75) is 25.8 Å². The molecular formula is C33H35N3O5. The fourth-order valence-electron chi connectivity index (χ4n) is 5.99. The van der Waals surface area contributed by atoms with Gasteiger partial charge in [0.25, 0.3) is 5.91 Å². The Labute approximate surface area is 240 Å². The lowest BCUT2D eigenvalue weighted by atomic mass is 9.76. The summed E-state index contributed by atoms with van der Waals surface area (Å²) in [6.07, 6.45) is 0.